The van der Waals surface area contributed by atoms with Crippen molar-refractivity contribution in [2.45, 2.75) is 20.6 Å². The van der Waals surface area contributed by atoms with E-state index in [0.717, 1.165) is 0 Å². The second-order valence-corrected chi connectivity index (χ2v) is 5.07. The largest absolute Gasteiger partial charge is 0.493 e. The summed E-state index contributed by atoms with van der Waals surface area (Å²) in [5.74, 6) is 2.00. The molecule has 6 nitrogen and oxygen atoms in total. The van der Waals surface area contributed by atoms with Crippen molar-refractivity contribution >= 4 is 0 Å². The van der Waals surface area contributed by atoms with Crippen LogP contribution in [-0.4, -0.2) is 38.7 Å². The molecule has 6 heteroatoms. The molecule has 0 amide bonds. The predicted molar refractivity (Wildman–Crippen MR) is 96.7 cm³/mol. The molecule has 0 aliphatic rings. The molecule has 2 aromatic carbocycles. The van der Waals surface area contributed by atoms with Gasteiger partial charge in [-0.05, 0) is 35.4 Å². The van der Waals surface area contributed by atoms with Gasteiger partial charge in [0.05, 0.1) is 41.7 Å². The predicted octanol–water partition coefficient (Wildman–Crippen LogP) is 3.01. The van der Waals surface area contributed by atoms with Crippen LogP contribution in [0.15, 0.2) is 24.3 Å². The van der Waals surface area contributed by atoms with Crippen LogP contribution in [0.2, 0.25) is 0 Å². The standard InChI is InChI=1S/C18H22O6.CH4/c1-21-15-7-11(9-19)5-13(17(15)23-3)14-6-12(10-20)8-16(22-2)18(14)24-4;/h5-8,19-20H,9-10H2,1-4H3;1H4. The van der Waals surface area contributed by atoms with Gasteiger partial charge in [0, 0.05) is 11.1 Å². The molecule has 2 N–H and O–H groups in total. The maximum atomic E-state index is 9.53. The number of aliphatic hydroxyl groups excluding tert-OH is 2. The zero-order chi connectivity index (χ0) is 17.7. The molecule has 0 bridgehead atoms. The second kappa shape index (κ2) is 9.15. The first-order valence-electron chi connectivity index (χ1n) is 7.35. The van der Waals surface area contributed by atoms with Crippen LogP contribution in [0.3, 0.4) is 0 Å². The molecule has 0 saturated heterocycles. The lowest BCUT2D eigenvalue weighted by molar-refractivity contribution is 0.279. The van der Waals surface area contributed by atoms with Crippen LogP contribution >= 0.6 is 0 Å². The van der Waals surface area contributed by atoms with Crippen LogP contribution in [0.1, 0.15) is 18.6 Å². The summed E-state index contributed by atoms with van der Waals surface area (Å²) >= 11 is 0. The molecule has 0 fully saturated rings. The van der Waals surface area contributed by atoms with E-state index >= 15 is 0 Å². The van der Waals surface area contributed by atoms with E-state index in [1.54, 1.807) is 38.5 Å². The fraction of sp³-hybridized carbons (Fsp3) is 0.368. The lowest BCUT2D eigenvalue weighted by Gasteiger charge is -2.19. The van der Waals surface area contributed by atoms with Crippen molar-refractivity contribution < 1.29 is 29.2 Å². The van der Waals surface area contributed by atoms with Crippen LogP contribution in [0.5, 0.6) is 23.0 Å². The second-order valence-electron chi connectivity index (χ2n) is 5.07. The molecule has 0 aromatic heterocycles. The molecule has 0 unspecified atom stereocenters. The van der Waals surface area contributed by atoms with Gasteiger partial charge in [-0.1, -0.05) is 7.43 Å². The van der Waals surface area contributed by atoms with Crippen molar-refractivity contribution in [3.63, 3.8) is 0 Å². The van der Waals surface area contributed by atoms with Crippen molar-refractivity contribution in [1.29, 1.82) is 0 Å². The normalized spacial score (nSPS) is 10.0. The zero-order valence-electron chi connectivity index (χ0n) is 14.3. The molecule has 2 aromatic rings. The molecule has 25 heavy (non-hydrogen) atoms. The highest BCUT2D eigenvalue weighted by Gasteiger charge is 2.20. The lowest BCUT2D eigenvalue weighted by Crippen LogP contribution is -2.00. The third kappa shape index (κ3) is 3.97. The van der Waals surface area contributed by atoms with E-state index in [4.69, 9.17) is 18.9 Å². The lowest BCUT2D eigenvalue weighted by atomic mass is 9.97. The molecule has 0 aliphatic heterocycles. The Kier molecular flexibility index (Phi) is 7.54. The minimum atomic E-state index is -0.146. The Morgan fingerprint density at radius 2 is 1.00 bits per heavy atom. The third-order valence-electron chi connectivity index (χ3n) is 3.73. The molecular formula is C19H26O6. The van der Waals surface area contributed by atoms with Crippen LogP contribution in [0.4, 0.5) is 0 Å². The minimum absolute atomic E-state index is 0. The average molecular weight is 350 g/mol. The number of benzene rings is 2. The quantitative estimate of drug-likeness (QED) is 0.799. The summed E-state index contributed by atoms with van der Waals surface area (Å²) in [6, 6.07) is 7.00. The van der Waals surface area contributed by atoms with Crippen LogP contribution in [-0.2, 0) is 13.2 Å². The number of hydrogen-bond acceptors (Lipinski definition) is 6. The van der Waals surface area contributed by atoms with Gasteiger partial charge in [-0.3, -0.25) is 0 Å². The Morgan fingerprint density at radius 1 is 0.640 bits per heavy atom. The van der Waals surface area contributed by atoms with Gasteiger partial charge < -0.3 is 29.2 Å². The Hall–Kier alpha value is -2.44. The summed E-state index contributed by atoms with van der Waals surface area (Å²) in [4.78, 5) is 0. The average Bonchev–Trinajstić information content (AvgIpc) is 2.65. The number of ether oxygens (including phenoxy) is 4. The van der Waals surface area contributed by atoms with Crippen molar-refractivity contribution in [2.75, 3.05) is 28.4 Å². The highest BCUT2D eigenvalue weighted by molar-refractivity contribution is 5.81. The molecule has 138 valence electrons. The third-order valence-corrected chi connectivity index (χ3v) is 3.73. The van der Waals surface area contributed by atoms with E-state index in [0.29, 0.717) is 45.3 Å². The topological polar surface area (TPSA) is 77.4 Å². The van der Waals surface area contributed by atoms with Crippen LogP contribution in [0.25, 0.3) is 11.1 Å². The van der Waals surface area contributed by atoms with Gasteiger partial charge in [-0.2, -0.15) is 0 Å². The van der Waals surface area contributed by atoms with E-state index in [1.807, 2.05) is 0 Å². The molecule has 0 saturated carbocycles. The first-order chi connectivity index (χ1) is 11.6. The van der Waals surface area contributed by atoms with Crippen molar-refractivity contribution in [2.24, 2.45) is 0 Å². The van der Waals surface area contributed by atoms with E-state index in [2.05, 4.69) is 0 Å². The molecule has 0 radical (unpaired) electrons. The van der Waals surface area contributed by atoms with Crippen LogP contribution < -0.4 is 18.9 Å². The Morgan fingerprint density at radius 3 is 1.24 bits per heavy atom. The Bertz CT molecular complexity index is 650. The summed E-state index contributed by atoms with van der Waals surface area (Å²) in [5, 5.41) is 19.1. The highest BCUT2D eigenvalue weighted by atomic mass is 16.5. The summed E-state index contributed by atoms with van der Waals surface area (Å²) in [6.07, 6.45) is 0. The van der Waals surface area contributed by atoms with E-state index < -0.39 is 0 Å². The molecule has 0 spiro atoms. The highest BCUT2D eigenvalue weighted by Crippen LogP contribution is 2.46. The fourth-order valence-corrected chi connectivity index (χ4v) is 2.63. The number of rotatable bonds is 7. The van der Waals surface area contributed by atoms with E-state index in [-0.39, 0.29) is 20.6 Å². The number of aliphatic hydroxyl groups is 2. The molecule has 0 heterocycles. The number of hydrogen-bond donors (Lipinski definition) is 2. The molecule has 0 aliphatic carbocycles. The van der Waals surface area contributed by atoms with Crippen molar-refractivity contribution in [3.8, 4) is 34.1 Å². The van der Waals surface area contributed by atoms with E-state index in [9.17, 15) is 10.2 Å². The van der Waals surface area contributed by atoms with Gasteiger partial charge in [0.25, 0.3) is 0 Å². The molecule has 0 atom stereocenters. The van der Waals surface area contributed by atoms with Gasteiger partial charge in [0.1, 0.15) is 0 Å². The maximum Gasteiger partial charge on any atom is 0.168 e. The monoisotopic (exact) mass is 350 g/mol. The molecular weight excluding hydrogens is 324 g/mol. The SMILES string of the molecule is C.COc1cc(CO)cc(-c2cc(CO)cc(OC)c2OC)c1OC. The Balaban J connectivity index is 0.00000312. The van der Waals surface area contributed by atoms with Gasteiger partial charge in [0.15, 0.2) is 23.0 Å². The smallest absolute Gasteiger partial charge is 0.168 e. The van der Waals surface area contributed by atoms with Gasteiger partial charge in [-0.15, -0.1) is 0 Å². The minimum Gasteiger partial charge on any atom is -0.493 e. The summed E-state index contributed by atoms with van der Waals surface area (Å²) in [7, 11) is 6.15. The Labute approximate surface area is 148 Å². The zero-order valence-corrected chi connectivity index (χ0v) is 14.3. The van der Waals surface area contributed by atoms with Crippen LogP contribution in [0, 0.1) is 0 Å². The first-order valence-corrected chi connectivity index (χ1v) is 7.35. The van der Waals surface area contributed by atoms with Crippen molar-refractivity contribution in [1.82, 2.24) is 0 Å². The first kappa shape index (κ1) is 20.6. The number of methoxy groups -OCH3 is 4. The summed E-state index contributed by atoms with van der Waals surface area (Å²) in [6.45, 7) is -0.293. The van der Waals surface area contributed by atoms with Gasteiger partial charge in [0.2, 0.25) is 0 Å². The van der Waals surface area contributed by atoms with Gasteiger partial charge in [-0.25, -0.2) is 0 Å². The maximum absolute atomic E-state index is 9.53. The summed E-state index contributed by atoms with van der Waals surface area (Å²) in [5.41, 5.74) is 2.67. The van der Waals surface area contributed by atoms with Gasteiger partial charge >= 0.3 is 0 Å². The molecule has 2 rings (SSSR count). The fourth-order valence-electron chi connectivity index (χ4n) is 2.63. The van der Waals surface area contributed by atoms with E-state index in [1.165, 1.54) is 14.2 Å². The van der Waals surface area contributed by atoms with Crippen molar-refractivity contribution in [3.05, 3.63) is 35.4 Å². The summed E-state index contributed by atoms with van der Waals surface area (Å²) < 4.78 is 21.7.